The van der Waals surface area contributed by atoms with Gasteiger partial charge in [0.1, 0.15) is 5.58 Å². The van der Waals surface area contributed by atoms with Crippen LogP contribution in [0.2, 0.25) is 10.0 Å². The number of carbonyl (C=O) groups is 1. The minimum absolute atomic E-state index is 0.122. The van der Waals surface area contributed by atoms with E-state index in [9.17, 15) is 9.59 Å². The molecule has 0 saturated heterocycles. The van der Waals surface area contributed by atoms with Crippen LogP contribution >= 0.6 is 23.2 Å². The number of nitrogens with zero attached hydrogens (tertiary/aromatic N) is 1. The van der Waals surface area contributed by atoms with Crippen molar-refractivity contribution in [2.75, 3.05) is 6.54 Å². The molecular formula is C22H19Cl2NO3. The van der Waals surface area contributed by atoms with Gasteiger partial charge in [-0.15, -0.1) is 0 Å². The van der Waals surface area contributed by atoms with E-state index in [4.69, 9.17) is 27.6 Å². The Bertz CT molecular complexity index is 1120. The van der Waals surface area contributed by atoms with E-state index in [1.807, 2.05) is 6.07 Å². The number of hydrogen-bond acceptors (Lipinski definition) is 3. The lowest BCUT2D eigenvalue weighted by molar-refractivity contribution is 0.0725. The molecule has 4 nitrogen and oxygen atoms in total. The minimum Gasteiger partial charge on any atom is -0.450 e. The normalized spacial score (nSPS) is 16.0. The fourth-order valence-electron chi connectivity index (χ4n) is 3.76. The Morgan fingerprint density at radius 2 is 1.82 bits per heavy atom. The Kier molecular flexibility index (Phi) is 5.17. The summed E-state index contributed by atoms with van der Waals surface area (Å²) in [6.45, 7) is 2.65. The third-order valence-corrected chi connectivity index (χ3v) is 5.87. The Balaban J connectivity index is 1.92. The standard InChI is InChI=1S/C22H19Cl2NO3/c1-2-3-6-11-25-19(13-9-10-15(23)16(24)12-13)18-20(26)14-7-4-5-8-17(14)28-21(18)22(25)27/h4-5,7-10,12,19H,2-3,6,11H2,1H3. The van der Waals surface area contributed by atoms with Crippen LogP contribution in [0, 0.1) is 0 Å². The van der Waals surface area contributed by atoms with Crippen LogP contribution in [-0.2, 0) is 0 Å². The Hall–Kier alpha value is -2.30. The largest absolute Gasteiger partial charge is 0.450 e. The third kappa shape index (κ3) is 3.11. The molecule has 0 N–H and O–H groups in total. The molecule has 0 fully saturated rings. The summed E-state index contributed by atoms with van der Waals surface area (Å²) in [6.07, 6.45) is 2.88. The summed E-state index contributed by atoms with van der Waals surface area (Å²) in [6, 6.07) is 11.7. The number of para-hydroxylation sites is 1. The summed E-state index contributed by atoms with van der Waals surface area (Å²) < 4.78 is 5.89. The molecule has 144 valence electrons. The second-order valence-electron chi connectivity index (χ2n) is 6.95. The lowest BCUT2D eigenvalue weighted by atomic mass is 9.98. The predicted octanol–water partition coefficient (Wildman–Crippen LogP) is 5.84. The number of benzene rings is 2. The van der Waals surface area contributed by atoms with E-state index >= 15 is 0 Å². The predicted molar refractivity (Wildman–Crippen MR) is 111 cm³/mol. The van der Waals surface area contributed by atoms with Gasteiger partial charge in [0.25, 0.3) is 5.91 Å². The molecule has 1 unspecified atom stereocenters. The summed E-state index contributed by atoms with van der Waals surface area (Å²) in [5, 5.41) is 1.28. The first kappa shape index (κ1) is 19.0. The van der Waals surface area contributed by atoms with E-state index in [1.54, 1.807) is 41.3 Å². The summed E-state index contributed by atoms with van der Waals surface area (Å²) >= 11 is 12.3. The Morgan fingerprint density at radius 3 is 2.57 bits per heavy atom. The molecule has 0 bridgehead atoms. The number of carbonyl (C=O) groups excluding carboxylic acids is 1. The lowest BCUT2D eigenvalue weighted by Crippen LogP contribution is -2.30. The van der Waals surface area contributed by atoms with E-state index in [0.717, 1.165) is 24.8 Å². The maximum absolute atomic E-state index is 13.3. The van der Waals surface area contributed by atoms with Crippen molar-refractivity contribution in [3.8, 4) is 0 Å². The molecule has 0 radical (unpaired) electrons. The third-order valence-electron chi connectivity index (χ3n) is 5.14. The van der Waals surface area contributed by atoms with Crippen LogP contribution in [0.3, 0.4) is 0 Å². The van der Waals surface area contributed by atoms with Gasteiger partial charge in [0.2, 0.25) is 5.76 Å². The molecule has 0 spiro atoms. The zero-order valence-electron chi connectivity index (χ0n) is 15.4. The SMILES string of the molecule is CCCCCN1C(=O)c2oc3ccccc3c(=O)c2C1c1ccc(Cl)c(Cl)c1. The van der Waals surface area contributed by atoms with E-state index in [2.05, 4.69) is 6.92 Å². The number of rotatable bonds is 5. The first-order valence-corrected chi connectivity index (χ1v) is 10.1. The van der Waals surface area contributed by atoms with Gasteiger partial charge in [0.15, 0.2) is 5.43 Å². The van der Waals surface area contributed by atoms with Crippen molar-refractivity contribution < 1.29 is 9.21 Å². The molecule has 4 rings (SSSR count). The van der Waals surface area contributed by atoms with Gasteiger partial charge < -0.3 is 9.32 Å². The van der Waals surface area contributed by atoms with E-state index in [-0.39, 0.29) is 17.1 Å². The molecule has 1 aliphatic rings. The molecule has 3 aromatic rings. The van der Waals surface area contributed by atoms with Gasteiger partial charge in [0.05, 0.1) is 27.0 Å². The van der Waals surface area contributed by atoms with Crippen LogP contribution in [0.25, 0.3) is 11.0 Å². The van der Waals surface area contributed by atoms with Gasteiger partial charge in [-0.25, -0.2) is 0 Å². The number of fused-ring (bicyclic) bond motifs is 2. The van der Waals surface area contributed by atoms with Gasteiger partial charge in [-0.05, 0) is 36.2 Å². The molecule has 2 heterocycles. The van der Waals surface area contributed by atoms with Crippen molar-refractivity contribution in [1.82, 2.24) is 4.90 Å². The topological polar surface area (TPSA) is 50.5 Å². The van der Waals surface area contributed by atoms with Crippen molar-refractivity contribution in [3.05, 3.63) is 79.6 Å². The van der Waals surface area contributed by atoms with Crippen molar-refractivity contribution >= 4 is 40.1 Å². The van der Waals surface area contributed by atoms with Crippen LogP contribution in [-0.4, -0.2) is 17.4 Å². The first-order chi connectivity index (χ1) is 13.5. The van der Waals surface area contributed by atoms with Gasteiger partial charge in [-0.2, -0.15) is 0 Å². The molecule has 0 saturated carbocycles. The highest BCUT2D eigenvalue weighted by Crippen LogP contribution is 2.39. The smallest absolute Gasteiger partial charge is 0.290 e. The summed E-state index contributed by atoms with van der Waals surface area (Å²) in [5.74, 6) is -0.138. The second-order valence-corrected chi connectivity index (χ2v) is 7.77. The molecule has 1 aromatic heterocycles. The average Bonchev–Trinajstić information content (AvgIpc) is 2.97. The lowest BCUT2D eigenvalue weighted by Gasteiger charge is -2.25. The van der Waals surface area contributed by atoms with E-state index in [0.29, 0.717) is 33.1 Å². The van der Waals surface area contributed by atoms with Gasteiger partial charge in [0, 0.05) is 6.54 Å². The Morgan fingerprint density at radius 1 is 1.04 bits per heavy atom. The monoisotopic (exact) mass is 415 g/mol. The van der Waals surface area contributed by atoms with Crippen molar-refractivity contribution in [3.63, 3.8) is 0 Å². The maximum Gasteiger partial charge on any atom is 0.290 e. The quantitative estimate of drug-likeness (QED) is 0.492. The molecule has 28 heavy (non-hydrogen) atoms. The molecule has 6 heteroatoms. The van der Waals surface area contributed by atoms with Crippen molar-refractivity contribution in [2.45, 2.75) is 32.2 Å². The van der Waals surface area contributed by atoms with Crippen molar-refractivity contribution in [2.24, 2.45) is 0 Å². The molecule has 1 aliphatic heterocycles. The highest BCUT2D eigenvalue weighted by molar-refractivity contribution is 6.42. The van der Waals surface area contributed by atoms with Crippen LogP contribution in [0.4, 0.5) is 0 Å². The van der Waals surface area contributed by atoms with Gasteiger partial charge in [-0.1, -0.05) is 61.2 Å². The number of amides is 1. The molecule has 2 aromatic carbocycles. The summed E-state index contributed by atoms with van der Waals surface area (Å²) in [5.41, 5.74) is 1.36. The maximum atomic E-state index is 13.3. The summed E-state index contributed by atoms with van der Waals surface area (Å²) in [4.78, 5) is 28.1. The molecule has 1 amide bonds. The second kappa shape index (κ2) is 7.61. The summed E-state index contributed by atoms with van der Waals surface area (Å²) in [7, 11) is 0. The zero-order chi connectivity index (χ0) is 19.8. The number of hydrogen-bond donors (Lipinski definition) is 0. The molecular weight excluding hydrogens is 397 g/mol. The fourth-order valence-corrected chi connectivity index (χ4v) is 4.07. The minimum atomic E-state index is -0.532. The van der Waals surface area contributed by atoms with Gasteiger partial charge in [-0.3, -0.25) is 9.59 Å². The Labute approximate surface area is 172 Å². The highest BCUT2D eigenvalue weighted by Gasteiger charge is 2.42. The molecule has 0 aliphatic carbocycles. The van der Waals surface area contributed by atoms with Crippen LogP contribution in [0.15, 0.2) is 51.7 Å². The van der Waals surface area contributed by atoms with Crippen LogP contribution < -0.4 is 5.43 Å². The first-order valence-electron chi connectivity index (χ1n) is 9.34. The van der Waals surface area contributed by atoms with Crippen LogP contribution in [0.5, 0.6) is 0 Å². The van der Waals surface area contributed by atoms with E-state index in [1.165, 1.54) is 0 Å². The number of unbranched alkanes of at least 4 members (excludes halogenated alkanes) is 2. The fraction of sp³-hybridized carbons (Fsp3) is 0.273. The number of halogens is 2. The van der Waals surface area contributed by atoms with Crippen LogP contribution in [0.1, 0.15) is 53.9 Å². The average molecular weight is 416 g/mol. The highest BCUT2D eigenvalue weighted by atomic mass is 35.5. The molecule has 1 atom stereocenters. The van der Waals surface area contributed by atoms with Crippen molar-refractivity contribution in [1.29, 1.82) is 0 Å². The van der Waals surface area contributed by atoms with Gasteiger partial charge >= 0.3 is 0 Å². The zero-order valence-corrected chi connectivity index (χ0v) is 16.9. The van der Waals surface area contributed by atoms with E-state index < -0.39 is 6.04 Å².